The topological polar surface area (TPSA) is 54.4 Å². The molecule has 2 atom stereocenters. The van der Waals surface area contributed by atoms with E-state index in [1.165, 1.54) is 0 Å². The quantitative estimate of drug-likeness (QED) is 0.864. The average molecular weight is 270 g/mol. The summed E-state index contributed by atoms with van der Waals surface area (Å²) in [5.74, 6) is 0. The molecule has 0 aliphatic heterocycles. The molecule has 0 amide bonds. The second-order valence-corrected chi connectivity index (χ2v) is 7.23. The van der Waals surface area contributed by atoms with Gasteiger partial charge in [0.15, 0.2) is 9.84 Å². The summed E-state index contributed by atoms with van der Waals surface area (Å²) in [6, 6.07) is 8.31. The predicted molar refractivity (Wildman–Crippen MR) is 73.2 cm³/mol. The summed E-state index contributed by atoms with van der Waals surface area (Å²) in [4.78, 5) is 0.272. The maximum Gasteiger partial charge on any atom is 0.183 e. The fraction of sp³-hybridized carbons (Fsp3) is 0.571. The number of aliphatic hydroxyl groups is 1. The Bertz CT molecular complexity index is 463. The highest BCUT2D eigenvalue weighted by Crippen LogP contribution is 2.27. The molecule has 0 aliphatic carbocycles. The van der Waals surface area contributed by atoms with Crippen LogP contribution in [0.4, 0.5) is 0 Å². The van der Waals surface area contributed by atoms with Crippen molar-refractivity contribution in [2.75, 3.05) is 0 Å². The minimum atomic E-state index is -3.48. The SMILES string of the molecule is CCCCC(C)(O)C(C)S(=O)(=O)c1ccccc1. The van der Waals surface area contributed by atoms with Crippen LogP contribution < -0.4 is 0 Å². The van der Waals surface area contributed by atoms with Gasteiger partial charge < -0.3 is 5.11 Å². The van der Waals surface area contributed by atoms with Crippen LogP contribution in [0.5, 0.6) is 0 Å². The van der Waals surface area contributed by atoms with Crippen molar-refractivity contribution in [1.82, 2.24) is 0 Å². The first kappa shape index (κ1) is 15.2. The fourth-order valence-corrected chi connectivity index (χ4v) is 3.62. The van der Waals surface area contributed by atoms with E-state index in [2.05, 4.69) is 0 Å². The Hall–Kier alpha value is -0.870. The Balaban J connectivity index is 2.99. The van der Waals surface area contributed by atoms with Crippen LogP contribution in [0.15, 0.2) is 35.2 Å². The van der Waals surface area contributed by atoms with Gasteiger partial charge in [-0.25, -0.2) is 8.42 Å². The molecule has 1 aromatic carbocycles. The molecule has 0 spiro atoms. The number of benzene rings is 1. The second-order valence-electron chi connectivity index (χ2n) is 4.96. The Morgan fingerprint density at radius 2 is 1.83 bits per heavy atom. The molecule has 2 unspecified atom stereocenters. The van der Waals surface area contributed by atoms with Crippen molar-refractivity contribution in [3.8, 4) is 0 Å². The van der Waals surface area contributed by atoms with E-state index in [1.54, 1.807) is 44.2 Å². The summed E-state index contributed by atoms with van der Waals surface area (Å²) in [5.41, 5.74) is -1.19. The normalized spacial score (nSPS) is 17.1. The van der Waals surface area contributed by atoms with Crippen molar-refractivity contribution in [2.24, 2.45) is 0 Å². The zero-order valence-electron chi connectivity index (χ0n) is 11.3. The van der Waals surface area contributed by atoms with Crippen LogP contribution >= 0.6 is 0 Å². The molecule has 18 heavy (non-hydrogen) atoms. The molecule has 3 nitrogen and oxygen atoms in total. The molecule has 1 N–H and O–H groups in total. The van der Waals surface area contributed by atoms with E-state index in [0.29, 0.717) is 6.42 Å². The van der Waals surface area contributed by atoms with Gasteiger partial charge in [0.25, 0.3) is 0 Å². The largest absolute Gasteiger partial charge is 0.389 e. The van der Waals surface area contributed by atoms with Crippen LogP contribution in [0.3, 0.4) is 0 Å². The third-order valence-electron chi connectivity index (χ3n) is 3.45. The van der Waals surface area contributed by atoms with E-state index in [0.717, 1.165) is 12.8 Å². The van der Waals surface area contributed by atoms with Crippen LogP contribution in [0.1, 0.15) is 40.0 Å². The minimum Gasteiger partial charge on any atom is -0.389 e. The van der Waals surface area contributed by atoms with E-state index in [-0.39, 0.29) is 4.90 Å². The summed E-state index contributed by atoms with van der Waals surface area (Å²) in [5, 5.41) is 9.53. The van der Waals surface area contributed by atoms with E-state index in [4.69, 9.17) is 0 Å². The first-order chi connectivity index (χ1) is 8.32. The second kappa shape index (κ2) is 5.85. The van der Waals surface area contributed by atoms with Gasteiger partial charge in [-0.15, -0.1) is 0 Å². The molecule has 0 radical (unpaired) electrons. The minimum absolute atomic E-state index is 0.272. The number of unbranched alkanes of at least 4 members (excludes halogenated alkanes) is 1. The maximum atomic E-state index is 12.4. The van der Waals surface area contributed by atoms with Crippen LogP contribution in [-0.4, -0.2) is 24.4 Å². The van der Waals surface area contributed by atoms with Gasteiger partial charge in [-0.1, -0.05) is 38.0 Å². The van der Waals surface area contributed by atoms with Crippen LogP contribution in [-0.2, 0) is 9.84 Å². The average Bonchev–Trinajstić information content (AvgIpc) is 2.36. The van der Waals surface area contributed by atoms with Gasteiger partial charge >= 0.3 is 0 Å². The van der Waals surface area contributed by atoms with Crippen molar-refractivity contribution in [1.29, 1.82) is 0 Å². The number of rotatable bonds is 6. The Labute approximate surface area is 110 Å². The highest BCUT2D eigenvalue weighted by molar-refractivity contribution is 7.92. The Kier molecular flexibility index (Phi) is 4.93. The maximum absolute atomic E-state index is 12.4. The molecule has 0 saturated heterocycles. The van der Waals surface area contributed by atoms with E-state index < -0.39 is 20.7 Å². The van der Waals surface area contributed by atoms with Gasteiger partial charge in [-0.3, -0.25) is 0 Å². The van der Waals surface area contributed by atoms with Crippen LogP contribution in [0.25, 0.3) is 0 Å². The Morgan fingerprint density at radius 1 is 1.28 bits per heavy atom. The third-order valence-corrected chi connectivity index (χ3v) is 5.82. The molecule has 0 heterocycles. The summed E-state index contributed by atoms with van der Waals surface area (Å²) in [6.07, 6.45) is 2.26. The lowest BCUT2D eigenvalue weighted by Gasteiger charge is -2.30. The lowest BCUT2D eigenvalue weighted by molar-refractivity contribution is 0.0479. The number of hydrogen-bond donors (Lipinski definition) is 1. The van der Waals surface area contributed by atoms with Gasteiger partial charge in [0, 0.05) is 0 Å². The molecular weight excluding hydrogens is 248 g/mol. The monoisotopic (exact) mass is 270 g/mol. The van der Waals surface area contributed by atoms with E-state index in [1.807, 2.05) is 6.92 Å². The standard InChI is InChI=1S/C14H22O3S/c1-4-5-11-14(3,15)12(2)18(16,17)13-9-7-6-8-10-13/h6-10,12,15H,4-5,11H2,1-3H3. The summed E-state index contributed by atoms with van der Waals surface area (Å²) < 4.78 is 24.8. The van der Waals surface area contributed by atoms with Gasteiger partial charge in [0.1, 0.15) is 0 Å². The van der Waals surface area contributed by atoms with Gasteiger partial charge in [0.2, 0.25) is 0 Å². The molecule has 0 bridgehead atoms. The van der Waals surface area contributed by atoms with Crippen molar-refractivity contribution < 1.29 is 13.5 Å². The Morgan fingerprint density at radius 3 is 2.33 bits per heavy atom. The zero-order valence-corrected chi connectivity index (χ0v) is 12.1. The number of sulfone groups is 1. The summed E-state index contributed by atoms with van der Waals surface area (Å²) in [6.45, 7) is 5.21. The lowest BCUT2D eigenvalue weighted by Crippen LogP contribution is -2.42. The van der Waals surface area contributed by atoms with Crippen LogP contribution in [0, 0.1) is 0 Å². The molecule has 4 heteroatoms. The zero-order chi connectivity index (χ0) is 13.8. The molecule has 1 rings (SSSR count). The predicted octanol–water partition coefficient (Wildman–Crippen LogP) is 2.79. The fourth-order valence-electron chi connectivity index (χ4n) is 1.89. The summed E-state index contributed by atoms with van der Waals surface area (Å²) >= 11 is 0. The molecule has 102 valence electrons. The van der Waals surface area contributed by atoms with E-state index in [9.17, 15) is 13.5 Å². The molecule has 1 aromatic rings. The first-order valence-electron chi connectivity index (χ1n) is 6.33. The van der Waals surface area contributed by atoms with Crippen LogP contribution in [0.2, 0.25) is 0 Å². The first-order valence-corrected chi connectivity index (χ1v) is 7.88. The molecule has 0 aromatic heterocycles. The van der Waals surface area contributed by atoms with Crippen molar-refractivity contribution in [3.05, 3.63) is 30.3 Å². The highest BCUT2D eigenvalue weighted by Gasteiger charge is 2.38. The van der Waals surface area contributed by atoms with Crippen molar-refractivity contribution >= 4 is 9.84 Å². The third kappa shape index (κ3) is 3.33. The van der Waals surface area contributed by atoms with Gasteiger partial charge in [-0.05, 0) is 32.4 Å². The summed E-state index contributed by atoms with van der Waals surface area (Å²) in [7, 11) is -3.48. The highest BCUT2D eigenvalue weighted by atomic mass is 32.2. The van der Waals surface area contributed by atoms with Gasteiger partial charge in [-0.2, -0.15) is 0 Å². The smallest absolute Gasteiger partial charge is 0.183 e. The molecule has 0 aliphatic rings. The van der Waals surface area contributed by atoms with Gasteiger partial charge in [0.05, 0.1) is 15.7 Å². The van der Waals surface area contributed by atoms with Crippen molar-refractivity contribution in [3.63, 3.8) is 0 Å². The van der Waals surface area contributed by atoms with Crippen molar-refractivity contribution in [2.45, 2.75) is 55.8 Å². The number of hydrogen-bond acceptors (Lipinski definition) is 3. The molecule has 0 fully saturated rings. The van der Waals surface area contributed by atoms with E-state index >= 15 is 0 Å². The molecule has 0 saturated carbocycles. The lowest BCUT2D eigenvalue weighted by atomic mass is 9.96. The molecular formula is C14H22O3S.